The molecule has 1 unspecified atom stereocenters. The quantitative estimate of drug-likeness (QED) is 0.144. The lowest BCUT2D eigenvalue weighted by Crippen LogP contribution is -2.30. The van der Waals surface area contributed by atoms with Crippen LogP contribution in [0.4, 0.5) is 10.8 Å². The number of nitrogens with zero attached hydrogens (tertiary/aromatic N) is 1. The van der Waals surface area contributed by atoms with Gasteiger partial charge in [0.15, 0.2) is 5.13 Å². The number of amides is 3. The maximum Gasteiger partial charge on any atom is 0.272 e. The molecule has 0 saturated heterocycles. The highest BCUT2D eigenvalue weighted by molar-refractivity contribution is 8.00. The van der Waals surface area contributed by atoms with Gasteiger partial charge in [0.05, 0.1) is 5.25 Å². The van der Waals surface area contributed by atoms with Crippen molar-refractivity contribution < 1.29 is 14.4 Å². The molecule has 0 fully saturated rings. The zero-order valence-corrected chi connectivity index (χ0v) is 23.3. The molecular formula is C29H25ClN4O3S2. The molecule has 0 radical (unpaired) electrons. The molecule has 7 nitrogen and oxygen atoms in total. The minimum absolute atomic E-state index is 0.0541. The minimum Gasteiger partial charge on any atom is -0.321 e. The fourth-order valence-electron chi connectivity index (χ4n) is 3.51. The molecule has 4 aromatic rings. The van der Waals surface area contributed by atoms with E-state index in [9.17, 15) is 14.4 Å². The summed E-state index contributed by atoms with van der Waals surface area (Å²) in [5, 5.41) is 10.9. The summed E-state index contributed by atoms with van der Waals surface area (Å²) in [7, 11) is 0. The largest absolute Gasteiger partial charge is 0.321 e. The molecule has 4 rings (SSSR count). The van der Waals surface area contributed by atoms with Gasteiger partial charge in [-0.3, -0.25) is 14.4 Å². The number of hydrogen-bond acceptors (Lipinski definition) is 6. The number of carbonyl (C=O) groups excluding carboxylic acids is 3. The summed E-state index contributed by atoms with van der Waals surface area (Å²) in [5.41, 5.74) is 1.65. The van der Waals surface area contributed by atoms with Crippen LogP contribution in [0.2, 0.25) is 5.02 Å². The first kappa shape index (κ1) is 28.1. The number of hydrogen-bond donors (Lipinski definition) is 3. The Bertz CT molecular complexity index is 1480. The molecule has 3 aromatic carbocycles. The van der Waals surface area contributed by atoms with Crippen LogP contribution in [0, 0.1) is 0 Å². The molecule has 1 aromatic heterocycles. The predicted molar refractivity (Wildman–Crippen MR) is 159 cm³/mol. The molecule has 0 spiro atoms. The van der Waals surface area contributed by atoms with E-state index in [0.717, 1.165) is 4.90 Å². The van der Waals surface area contributed by atoms with E-state index in [1.165, 1.54) is 23.1 Å². The Labute approximate surface area is 239 Å². The second-order valence-electron chi connectivity index (χ2n) is 8.26. The zero-order chi connectivity index (χ0) is 27.6. The molecule has 0 bridgehead atoms. The molecule has 0 saturated carbocycles. The average molecular weight is 577 g/mol. The molecule has 3 amide bonds. The Balaban J connectivity index is 1.51. The number of thiazole rings is 1. The van der Waals surface area contributed by atoms with E-state index in [0.29, 0.717) is 33.4 Å². The summed E-state index contributed by atoms with van der Waals surface area (Å²) >= 11 is 8.87. The highest BCUT2D eigenvalue weighted by Crippen LogP contribution is 2.29. The summed E-state index contributed by atoms with van der Waals surface area (Å²) in [6.07, 6.45) is 3.81. The molecule has 0 aliphatic carbocycles. The normalized spacial score (nSPS) is 11.9. The Morgan fingerprint density at radius 3 is 2.51 bits per heavy atom. The van der Waals surface area contributed by atoms with Crippen LogP contribution in [0.25, 0.3) is 6.08 Å². The minimum atomic E-state index is -0.505. The van der Waals surface area contributed by atoms with Gasteiger partial charge in [-0.05, 0) is 60.5 Å². The van der Waals surface area contributed by atoms with Gasteiger partial charge in [-0.25, -0.2) is 4.98 Å². The Hall–Kier alpha value is -3.92. The zero-order valence-electron chi connectivity index (χ0n) is 20.9. The maximum atomic E-state index is 13.3. The van der Waals surface area contributed by atoms with Gasteiger partial charge < -0.3 is 16.0 Å². The van der Waals surface area contributed by atoms with Crippen molar-refractivity contribution in [2.45, 2.75) is 23.5 Å². The van der Waals surface area contributed by atoms with E-state index >= 15 is 0 Å². The fourth-order valence-corrected chi connectivity index (χ4v) is 5.25. The second kappa shape index (κ2) is 13.7. The lowest BCUT2D eigenvalue weighted by molar-refractivity contribution is -0.116. The number of halogens is 1. The summed E-state index contributed by atoms with van der Waals surface area (Å²) in [6.45, 7) is 1.94. The van der Waals surface area contributed by atoms with Crippen molar-refractivity contribution in [3.8, 4) is 0 Å². The molecule has 198 valence electrons. The van der Waals surface area contributed by atoms with E-state index < -0.39 is 11.8 Å². The standard InChI is InChI=1S/C29H25ClN4O3S2/c1-2-25(28(37)34-29-31-14-15-38-29)39-23-13-7-12-22(18-23)32-27(36)24(17-19-8-6-11-21(30)16-19)33-26(35)20-9-4-3-5-10-20/h3-18,25H,2H2,1H3,(H,32,36)(H,33,35)(H,31,34,37)/b24-17-. The van der Waals surface area contributed by atoms with Gasteiger partial charge in [0.1, 0.15) is 5.70 Å². The molecule has 0 aliphatic rings. The number of rotatable bonds is 10. The molecule has 39 heavy (non-hydrogen) atoms. The third kappa shape index (κ3) is 8.28. The Morgan fingerprint density at radius 2 is 1.79 bits per heavy atom. The summed E-state index contributed by atoms with van der Waals surface area (Å²) < 4.78 is 0. The van der Waals surface area contributed by atoms with Crippen LogP contribution >= 0.6 is 34.7 Å². The molecule has 10 heteroatoms. The van der Waals surface area contributed by atoms with Gasteiger partial charge in [0.2, 0.25) is 5.91 Å². The fraction of sp³-hybridized carbons (Fsp3) is 0.103. The van der Waals surface area contributed by atoms with Crippen LogP contribution in [-0.4, -0.2) is 28.0 Å². The number of carbonyl (C=O) groups is 3. The van der Waals surface area contributed by atoms with E-state index in [1.807, 2.05) is 19.1 Å². The van der Waals surface area contributed by atoms with Crippen LogP contribution in [0.3, 0.4) is 0 Å². The van der Waals surface area contributed by atoms with Crippen molar-refractivity contribution in [1.29, 1.82) is 0 Å². The number of nitrogens with one attached hydrogen (secondary N) is 3. The van der Waals surface area contributed by atoms with Gasteiger partial charge in [0.25, 0.3) is 11.8 Å². The van der Waals surface area contributed by atoms with Crippen molar-refractivity contribution >= 4 is 69.3 Å². The summed E-state index contributed by atoms with van der Waals surface area (Å²) in [6, 6.07) is 22.8. The smallest absolute Gasteiger partial charge is 0.272 e. The second-order valence-corrected chi connectivity index (χ2v) is 10.9. The third-order valence-electron chi connectivity index (χ3n) is 5.38. The van der Waals surface area contributed by atoms with Gasteiger partial charge >= 0.3 is 0 Å². The number of anilines is 2. The Morgan fingerprint density at radius 1 is 1.00 bits per heavy atom. The highest BCUT2D eigenvalue weighted by atomic mass is 35.5. The number of benzene rings is 3. The van der Waals surface area contributed by atoms with E-state index in [1.54, 1.807) is 84.4 Å². The monoisotopic (exact) mass is 576 g/mol. The van der Waals surface area contributed by atoms with Gasteiger partial charge in [-0.1, -0.05) is 54.9 Å². The first-order valence-electron chi connectivity index (χ1n) is 12.0. The molecule has 3 N–H and O–H groups in total. The first-order chi connectivity index (χ1) is 18.9. The van der Waals surface area contributed by atoms with Gasteiger partial charge in [-0.2, -0.15) is 0 Å². The summed E-state index contributed by atoms with van der Waals surface area (Å²) in [4.78, 5) is 43.8. The number of aromatic nitrogens is 1. The van der Waals surface area contributed by atoms with Gasteiger partial charge in [-0.15, -0.1) is 23.1 Å². The van der Waals surface area contributed by atoms with Gasteiger partial charge in [0, 0.05) is 32.7 Å². The lowest BCUT2D eigenvalue weighted by Gasteiger charge is -2.15. The van der Waals surface area contributed by atoms with Crippen LogP contribution in [0.5, 0.6) is 0 Å². The van der Waals surface area contributed by atoms with E-state index in [2.05, 4.69) is 20.9 Å². The topological polar surface area (TPSA) is 100 Å². The van der Waals surface area contributed by atoms with Crippen LogP contribution in [0.15, 0.2) is 101 Å². The van der Waals surface area contributed by atoms with Crippen molar-refractivity contribution in [3.63, 3.8) is 0 Å². The van der Waals surface area contributed by atoms with Crippen molar-refractivity contribution in [1.82, 2.24) is 10.3 Å². The molecule has 1 heterocycles. The molecule has 1 atom stereocenters. The third-order valence-corrected chi connectivity index (χ3v) is 7.67. The van der Waals surface area contributed by atoms with Crippen LogP contribution in [0.1, 0.15) is 29.3 Å². The van der Waals surface area contributed by atoms with Crippen LogP contribution in [-0.2, 0) is 9.59 Å². The maximum absolute atomic E-state index is 13.3. The summed E-state index contributed by atoms with van der Waals surface area (Å²) in [5.74, 6) is -1.06. The molecular weight excluding hydrogens is 552 g/mol. The van der Waals surface area contributed by atoms with E-state index in [4.69, 9.17) is 11.6 Å². The SMILES string of the molecule is CCC(Sc1cccc(NC(=O)/C(=C/c2cccc(Cl)c2)NC(=O)c2ccccc2)c1)C(=O)Nc1nccs1. The van der Waals surface area contributed by atoms with Crippen molar-refractivity contribution in [2.24, 2.45) is 0 Å². The first-order valence-corrected chi connectivity index (χ1v) is 14.2. The lowest BCUT2D eigenvalue weighted by atomic mass is 10.1. The average Bonchev–Trinajstić information content (AvgIpc) is 3.45. The van der Waals surface area contributed by atoms with E-state index in [-0.39, 0.29) is 16.9 Å². The Kier molecular flexibility index (Phi) is 9.91. The molecule has 0 aliphatic heterocycles. The van der Waals surface area contributed by atoms with Crippen LogP contribution < -0.4 is 16.0 Å². The highest BCUT2D eigenvalue weighted by Gasteiger charge is 2.20. The van der Waals surface area contributed by atoms with Crippen molar-refractivity contribution in [2.75, 3.05) is 10.6 Å². The predicted octanol–water partition coefficient (Wildman–Crippen LogP) is 6.72. The van der Waals surface area contributed by atoms with Crippen molar-refractivity contribution in [3.05, 3.63) is 112 Å². The number of thioether (sulfide) groups is 1.